The molecule has 0 radical (unpaired) electrons. The van der Waals surface area contributed by atoms with Crippen molar-refractivity contribution in [3.63, 3.8) is 0 Å². The molecule has 7 nitrogen and oxygen atoms in total. The molecule has 27 heavy (non-hydrogen) atoms. The second kappa shape index (κ2) is 8.17. The lowest BCUT2D eigenvalue weighted by Gasteiger charge is -2.37. The van der Waals surface area contributed by atoms with Crippen LogP contribution in [0.5, 0.6) is 5.75 Å². The maximum absolute atomic E-state index is 12.6. The molecule has 3 amide bonds. The van der Waals surface area contributed by atoms with Crippen LogP contribution in [0.1, 0.15) is 24.8 Å². The first kappa shape index (κ1) is 18.1. The number of rotatable bonds is 2. The van der Waals surface area contributed by atoms with Crippen molar-refractivity contribution in [2.45, 2.75) is 37.8 Å². The average Bonchev–Trinajstić information content (AvgIpc) is 2.74. The molecule has 0 bridgehead atoms. The first-order valence-electron chi connectivity index (χ1n) is 9.87. The maximum atomic E-state index is 12.6. The quantitative estimate of drug-likeness (QED) is 0.851. The number of aryl methyl sites for hydroxylation is 1. The number of nitrogens with zero attached hydrogens (tertiary/aromatic N) is 2. The molecule has 4 rings (SSSR count). The summed E-state index contributed by atoms with van der Waals surface area (Å²) in [6.45, 7) is 3.91. The number of carbonyl (C=O) groups is 2. The monoisotopic (exact) mass is 373 g/mol. The minimum absolute atomic E-state index is 0.0394. The van der Waals surface area contributed by atoms with Crippen molar-refractivity contribution < 1.29 is 19.1 Å². The number of carbonyl (C=O) groups excluding carboxylic acids is 2. The van der Waals surface area contributed by atoms with Gasteiger partial charge in [0.05, 0.1) is 13.2 Å². The number of piperidine rings is 1. The highest BCUT2D eigenvalue weighted by atomic mass is 16.5. The maximum Gasteiger partial charge on any atom is 0.320 e. The molecule has 7 heteroatoms. The van der Waals surface area contributed by atoms with Gasteiger partial charge in [-0.1, -0.05) is 18.2 Å². The van der Waals surface area contributed by atoms with Crippen molar-refractivity contribution in [3.05, 3.63) is 29.8 Å². The fourth-order valence-corrected chi connectivity index (χ4v) is 3.97. The van der Waals surface area contributed by atoms with E-state index < -0.39 is 6.10 Å². The fraction of sp³-hybridized carbons (Fsp3) is 0.600. The largest absolute Gasteiger partial charge is 0.480 e. The van der Waals surface area contributed by atoms with Gasteiger partial charge in [-0.2, -0.15) is 0 Å². The number of nitrogens with one attached hydrogen (secondary N) is 1. The number of amides is 3. The normalized spacial score (nSPS) is 23.3. The second-order valence-electron chi connectivity index (χ2n) is 7.40. The van der Waals surface area contributed by atoms with Gasteiger partial charge < -0.3 is 24.6 Å². The predicted octanol–water partition coefficient (Wildman–Crippen LogP) is 1.41. The molecule has 2 fully saturated rings. The summed E-state index contributed by atoms with van der Waals surface area (Å²) in [5.74, 6) is 0.775. The zero-order chi connectivity index (χ0) is 18.6. The highest BCUT2D eigenvalue weighted by Gasteiger charge is 2.31. The summed E-state index contributed by atoms with van der Waals surface area (Å²) in [7, 11) is 0. The van der Waals surface area contributed by atoms with Crippen LogP contribution in [0.15, 0.2) is 24.3 Å². The van der Waals surface area contributed by atoms with Gasteiger partial charge in [-0.25, -0.2) is 4.79 Å². The number of likely N-dealkylation sites (tertiary alicyclic amines) is 1. The summed E-state index contributed by atoms with van der Waals surface area (Å²) in [5.41, 5.74) is 1.16. The van der Waals surface area contributed by atoms with E-state index in [4.69, 9.17) is 9.47 Å². The summed E-state index contributed by atoms with van der Waals surface area (Å²) in [6, 6.07) is 8.09. The third kappa shape index (κ3) is 4.18. The first-order valence-corrected chi connectivity index (χ1v) is 9.87. The van der Waals surface area contributed by atoms with E-state index in [0.29, 0.717) is 45.8 Å². The molecule has 0 aromatic heterocycles. The summed E-state index contributed by atoms with van der Waals surface area (Å²) < 4.78 is 11.2. The van der Waals surface area contributed by atoms with Gasteiger partial charge in [0, 0.05) is 32.2 Å². The molecule has 1 aromatic carbocycles. The summed E-state index contributed by atoms with van der Waals surface area (Å²) in [4.78, 5) is 28.9. The van der Waals surface area contributed by atoms with Crippen LogP contribution >= 0.6 is 0 Å². The van der Waals surface area contributed by atoms with Crippen LogP contribution in [-0.4, -0.2) is 73.3 Å². The smallest absolute Gasteiger partial charge is 0.320 e. The van der Waals surface area contributed by atoms with Crippen LogP contribution in [0.4, 0.5) is 4.79 Å². The number of ether oxygens (including phenoxy) is 2. The van der Waals surface area contributed by atoms with Crippen molar-refractivity contribution in [1.29, 1.82) is 0 Å². The van der Waals surface area contributed by atoms with Crippen molar-refractivity contribution >= 4 is 11.9 Å². The van der Waals surface area contributed by atoms with Crippen LogP contribution in [0.25, 0.3) is 0 Å². The lowest BCUT2D eigenvalue weighted by molar-refractivity contribution is -0.129. The predicted molar refractivity (Wildman–Crippen MR) is 99.7 cm³/mol. The Morgan fingerprint density at radius 2 is 1.67 bits per heavy atom. The lowest BCUT2D eigenvalue weighted by Crippen LogP contribution is -2.54. The number of morpholine rings is 1. The molecule has 3 aliphatic rings. The van der Waals surface area contributed by atoms with Crippen LogP contribution in [0.2, 0.25) is 0 Å². The van der Waals surface area contributed by atoms with Crippen molar-refractivity contribution in [1.82, 2.24) is 15.1 Å². The number of benzene rings is 1. The summed E-state index contributed by atoms with van der Waals surface area (Å²) in [6.07, 6.45) is 2.71. The van der Waals surface area contributed by atoms with E-state index in [1.807, 2.05) is 34.1 Å². The summed E-state index contributed by atoms with van der Waals surface area (Å²) in [5, 5.41) is 3.12. The lowest BCUT2D eigenvalue weighted by atomic mass is 10.0. The van der Waals surface area contributed by atoms with E-state index in [1.54, 1.807) is 0 Å². The molecule has 1 N–H and O–H groups in total. The van der Waals surface area contributed by atoms with Crippen LogP contribution < -0.4 is 10.1 Å². The summed E-state index contributed by atoms with van der Waals surface area (Å²) >= 11 is 0. The third-order valence-electron chi connectivity index (χ3n) is 5.60. The minimum atomic E-state index is -0.423. The van der Waals surface area contributed by atoms with Crippen LogP contribution in [0, 0.1) is 0 Å². The Labute approximate surface area is 159 Å². The van der Waals surface area contributed by atoms with Crippen molar-refractivity contribution in [2.24, 2.45) is 0 Å². The van der Waals surface area contributed by atoms with Gasteiger partial charge in [0.1, 0.15) is 5.75 Å². The molecular formula is C20H27N3O4. The van der Waals surface area contributed by atoms with E-state index in [0.717, 1.165) is 30.6 Å². The first-order chi connectivity index (χ1) is 13.2. The Kier molecular flexibility index (Phi) is 5.48. The fourth-order valence-electron chi connectivity index (χ4n) is 3.97. The van der Waals surface area contributed by atoms with E-state index in [9.17, 15) is 9.59 Å². The molecule has 0 aliphatic carbocycles. The number of hydrogen-bond acceptors (Lipinski definition) is 4. The van der Waals surface area contributed by atoms with Gasteiger partial charge in [0.2, 0.25) is 0 Å². The van der Waals surface area contributed by atoms with E-state index in [2.05, 4.69) is 5.32 Å². The molecule has 3 aliphatic heterocycles. The van der Waals surface area contributed by atoms with Gasteiger partial charge >= 0.3 is 6.03 Å². The van der Waals surface area contributed by atoms with Crippen molar-refractivity contribution in [2.75, 3.05) is 39.4 Å². The number of urea groups is 1. The van der Waals surface area contributed by atoms with Gasteiger partial charge in [-0.15, -0.1) is 0 Å². The molecule has 0 saturated carbocycles. The Morgan fingerprint density at radius 3 is 2.44 bits per heavy atom. The SMILES string of the molecule is O=C(NC1CCN(C(=O)N2CCOCC2)CC1)C1CCc2ccccc2O1. The molecule has 3 heterocycles. The van der Waals surface area contributed by atoms with E-state index >= 15 is 0 Å². The van der Waals surface area contributed by atoms with Gasteiger partial charge in [0.15, 0.2) is 6.10 Å². The average molecular weight is 373 g/mol. The zero-order valence-electron chi connectivity index (χ0n) is 15.6. The van der Waals surface area contributed by atoms with Gasteiger partial charge in [-0.3, -0.25) is 4.79 Å². The molecule has 1 atom stereocenters. The van der Waals surface area contributed by atoms with Gasteiger partial charge in [0.25, 0.3) is 5.91 Å². The standard InChI is InChI=1S/C20H27N3O4/c24-19(18-6-5-15-3-1-2-4-17(15)27-18)21-16-7-9-22(10-8-16)20(25)23-11-13-26-14-12-23/h1-4,16,18H,5-14H2,(H,21,24). The van der Waals surface area contributed by atoms with Crippen LogP contribution in [0.3, 0.4) is 0 Å². The Balaban J connectivity index is 1.24. The topological polar surface area (TPSA) is 71.1 Å². The number of fused-ring (bicyclic) bond motifs is 1. The Hall–Kier alpha value is -2.28. The zero-order valence-corrected chi connectivity index (χ0v) is 15.6. The second-order valence-corrected chi connectivity index (χ2v) is 7.40. The highest BCUT2D eigenvalue weighted by molar-refractivity contribution is 5.82. The minimum Gasteiger partial charge on any atom is -0.480 e. The molecule has 146 valence electrons. The number of hydrogen-bond donors (Lipinski definition) is 1. The molecule has 0 spiro atoms. The Morgan fingerprint density at radius 1 is 0.963 bits per heavy atom. The molecular weight excluding hydrogens is 346 g/mol. The molecule has 2 saturated heterocycles. The van der Waals surface area contributed by atoms with Gasteiger partial charge in [-0.05, 0) is 37.3 Å². The molecule has 1 aromatic rings. The van der Waals surface area contributed by atoms with E-state index in [1.165, 1.54) is 0 Å². The van der Waals surface area contributed by atoms with Crippen molar-refractivity contribution in [3.8, 4) is 5.75 Å². The third-order valence-corrected chi connectivity index (χ3v) is 5.60. The highest BCUT2D eigenvalue weighted by Crippen LogP contribution is 2.27. The number of para-hydroxylation sites is 1. The van der Waals surface area contributed by atoms with Crippen LogP contribution in [-0.2, 0) is 16.0 Å². The Bertz CT molecular complexity index is 682. The molecule has 1 unspecified atom stereocenters. The van der Waals surface area contributed by atoms with E-state index in [-0.39, 0.29) is 18.0 Å².